The van der Waals surface area contributed by atoms with Gasteiger partial charge in [-0.3, -0.25) is 4.79 Å². The van der Waals surface area contributed by atoms with Gasteiger partial charge in [0.05, 0.1) is 0 Å². The second-order valence-corrected chi connectivity index (χ2v) is 7.38. The predicted octanol–water partition coefficient (Wildman–Crippen LogP) is 3.42. The first kappa shape index (κ1) is 21.0. The number of benzene rings is 1. The fourth-order valence-corrected chi connectivity index (χ4v) is 3.02. The average molecular weight is 389 g/mol. The molecule has 0 heterocycles. The Morgan fingerprint density at radius 2 is 1.96 bits per heavy atom. The highest BCUT2D eigenvalue weighted by atomic mass is 19.4. The molecular weight excluding hydrogens is 367 g/mol. The van der Waals surface area contributed by atoms with Crippen LogP contribution in [0, 0.1) is 0 Å². The van der Waals surface area contributed by atoms with Crippen LogP contribution in [-0.4, -0.2) is 35.1 Å². The number of amides is 1. The average Bonchev–Trinajstić information content (AvgIpc) is 2.48. The smallest absolute Gasteiger partial charge is 0.444 e. The third-order valence-corrected chi connectivity index (χ3v) is 4.03. The fraction of sp³-hybridized carbons (Fsp3) is 0.556. The lowest BCUT2D eigenvalue weighted by atomic mass is 9.74. The first-order valence-corrected chi connectivity index (χ1v) is 8.42. The Bertz CT molecular complexity index is 714. The summed E-state index contributed by atoms with van der Waals surface area (Å²) in [6.07, 6.45) is -6.46. The van der Waals surface area contributed by atoms with Crippen molar-refractivity contribution in [1.82, 2.24) is 5.32 Å². The lowest BCUT2D eigenvalue weighted by Gasteiger charge is -2.39. The second kappa shape index (κ2) is 7.38. The van der Waals surface area contributed by atoms with Crippen LogP contribution in [0.1, 0.15) is 45.6 Å². The Balaban J connectivity index is 2.43. The topological polar surface area (TPSA) is 84.9 Å². The van der Waals surface area contributed by atoms with Crippen molar-refractivity contribution in [3.05, 3.63) is 29.8 Å². The van der Waals surface area contributed by atoms with E-state index in [1.807, 2.05) is 0 Å². The van der Waals surface area contributed by atoms with Crippen molar-refractivity contribution in [1.29, 1.82) is 0 Å². The van der Waals surface area contributed by atoms with Crippen LogP contribution in [-0.2, 0) is 15.1 Å². The maximum Gasteiger partial charge on any atom is 0.573 e. The van der Waals surface area contributed by atoms with E-state index in [1.54, 1.807) is 20.8 Å². The third-order valence-electron chi connectivity index (χ3n) is 4.03. The van der Waals surface area contributed by atoms with Gasteiger partial charge in [0.15, 0.2) is 5.78 Å². The summed E-state index contributed by atoms with van der Waals surface area (Å²) in [5.74, 6) is -1.23. The van der Waals surface area contributed by atoms with Crippen LogP contribution in [0.2, 0.25) is 0 Å². The summed E-state index contributed by atoms with van der Waals surface area (Å²) in [7, 11) is 0. The lowest BCUT2D eigenvalue weighted by molar-refractivity contribution is -0.274. The molecule has 9 heteroatoms. The number of hydrogen-bond acceptors (Lipinski definition) is 5. The molecule has 0 saturated heterocycles. The minimum absolute atomic E-state index is 0.0823. The molecule has 1 fully saturated rings. The van der Waals surface area contributed by atoms with E-state index >= 15 is 0 Å². The van der Waals surface area contributed by atoms with Gasteiger partial charge in [-0.2, -0.15) is 0 Å². The number of Topliss-reactive ketones (excluding diaryl/α,β-unsaturated/α-hetero) is 1. The van der Waals surface area contributed by atoms with Crippen LogP contribution in [0.4, 0.5) is 18.0 Å². The van der Waals surface area contributed by atoms with Crippen molar-refractivity contribution < 1.29 is 37.3 Å². The van der Waals surface area contributed by atoms with Crippen molar-refractivity contribution in [3.63, 3.8) is 0 Å². The van der Waals surface area contributed by atoms with Crippen molar-refractivity contribution >= 4 is 11.9 Å². The molecule has 0 radical (unpaired) electrons. The zero-order chi connectivity index (χ0) is 20.5. The molecule has 150 valence electrons. The molecule has 2 N–H and O–H groups in total. The summed E-state index contributed by atoms with van der Waals surface area (Å²) in [4.78, 5) is 25.1. The number of alkyl halides is 3. The van der Waals surface area contributed by atoms with E-state index < -0.39 is 41.2 Å². The molecular formula is C18H22F3NO5. The largest absolute Gasteiger partial charge is 0.573 e. The highest BCUT2D eigenvalue weighted by Gasteiger charge is 2.48. The maximum atomic E-state index is 12.8. The summed E-state index contributed by atoms with van der Waals surface area (Å²) >= 11 is 0. The van der Waals surface area contributed by atoms with E-state index in [-0.39, 0.29) is 18.4 Å². The van der Waals surface area contributed by atoms with Gasteiger partial charge < -0.3 is 19.9 Å². The number of rotatable bonds is 3. The van der Waals surface area contributed by atoms with Gasteiger partial charge in [-0.15, -0.1) is 13.2 Å². The van der Waals surface area contributed by atoms with Crippen LogP contribution in [0.3, 0.4) is 0 Å². The number of carbonyl (C=O) groups excluding carboxylic acids is 2. The van der Waals surface area contributed by atoms with E-state index in [0.717, 1.165) is 12.1 Å². The van der Waals surface area contributed by atoms with Crippen LogP contribution >= 0.6 is 0 Å². The maximum absolute atomic E-state index is 12.8. The van der Waals surface area contributed by atoms with Crippen LogP contribution in [0.5, 0.6) is 5.75 Å². The number of carbonyl (C=O) groups is 2. The number of ether oxygens (including phenoxy) is 2. The van der Waals surface area contributed by atoms with Gasteiger partial charge in [-0.1, -0.05) is 12.1 Å². The number of halogens is 3. The molecule has 2 unspecified atom stereocenters. The van der Waals surface area contributed by atoms with Gasteiger partial charge in [0.2, 0.25) is 0 Å². The Morgan fingerprint density at radius 1 is 1.30 bits per heavy atom. The SMILES string of the molecule is CC(C)(C)OC(=O)NC1(c2cccc(OC(F)(F)F)c2)CCCC(O)C1=O. The van der Waals surface area contributed by atoms with Crippen molar-refractivity contribution in [2.45, 2.75) is 63.6 Å². The standard InChI is InChI=1S/C18H22F3NO5/c1-16(2,3)27-15(25)22-17(9-5-8-13(23)14(17)24)11-6-4-7-12(10-11)26-18(19,20)21/h4,6-7,10,13,23H,5,8-9H2,1-3H3,(H,22,25). The molecule has 27 heavy (non-hydrogen) atoms. The summed E-state index contributed by atoms with van der Waals surface area (Å²) in [6, 6.07) is 4.79. The van der Waals surface area contributed by atoms with E-state index in [9.17, 15) is 27.9 Å². The third kappa shape index (κ3) is 5.35. The normalized spacial score (nSPS) is 23.7. The van der Waals surface area contributed by atoms with E-state index in [1.165, 1.54) is 12.1 Å². The molecule has 1 amide bonds. The molecule has 1 aromatic rings. The highest BCUT2D eigenvalue weighted by molar-refractivity contribution is 5.96. The molecule has 0 spiro atoms. The molecule has 1 aliphatic carbocycles. The zero-order valence-electron chi connectivity index (χ0n) is 15.2. The minimum atomic E-state index is -4.90. The van der Waals surface area contributed by atoms with Crippen LogP contribution in [0.25, 0.3) is 0 Å². The number of ketones is 1. The molecule has 6 nitrogen and oxygen atoms in total. The van der Waals surface area contributed by atoms with E-state index in [0.29, 0.717) is 6.42 Å². The molecule has 0 aromatic heterocycles. The summed E-state index contributed by atoms with van der Waals surface area (Å²) < 4.78 is 46.7. The first-order valence-electron chi connectivity index (χ1n) is 8.42. The second-order valence-electron chi connectivity index (χ2n) is 7.38. The van der Waals surface area contributed by atoms with Crippen molar-refractivity contribution in [2.75, 3.05) is 0 Å². The van der Waals surface area contributed by atoms with E-state index in [2.05, 4.69) is 10.1 Å². The quantitative estimate of drug-likeness (QED) is 0.828. The van der Waals surface area contributed by atoms with Crippen LogP contribution < -0.4 is 10.1 Å². The first-order chi connectivity index (χ1) is 12.3. The van der Waals surface area contributed by atoms with Gasteiger partial charge in [0.1, 0.15) is 23.0 Å². The predicted molar refractivity (Wildman–Crippen MR) is 89.0 cm³/mol. The van der Waals surface area contributed by atoms with Gasteiger partial charge in [-0.05, 0) is 57.7 Å². The summed E-state index contributed by atoms with van der Waals surface area (Å²) in [5.41, 5.74) is -2.47. The minimum Gasteiger partial charge on any atom is -0.444 e. The Morgan fingerprint density at radius 3 is 2.56 bits per heavy atom. The number of nitrogens with one attached hydrogen (secondary N) is 1. The van der Waals surface area contributed by atoms with Gasteiger partial charge in [0.25, 0.3) is 0 Å². The molecule has 2 rings (SSSR count). The number of alkyl carbamates (subject to hydrolysis) is 1. The fourth-order valence-electron chi connectivity index (χ4n) is 3.02. The molecule has 0 aliphatic heterocycles. The highest BCUT2D eigenvalue weighted by Crippen LogP contribution is 2.37. The lowest BCUT2D eigenvalue weighted by Crippen LogP contribution is -2.58. The van der Waals surface area contributed by atoms with Crippen molar-refractivity contribution in [2.24, 2.45) is 0 Å². The van der Waals surface area contributed by atoms with Gasteiger partial charge in [0, 0.05) is 0 Å². The molecule has 0 bridgehead atoms. The number of aliphatic hydroxyl groups excluding tert-OH is 1. The Kier molecular flexibility index (Phi) is 5.74. The van der Waals surface area contributed by atoms with E-state index in [4.69, 9.17) is 4.74 Å². The van der Waals surface area contributed by atoms with Gasteiger partial charge >= 0.3 is 12.5 Å². The number of hydrogen-bond donors (Lipinski definition) is 2. The molecule has 2 atom stereocenters. The van der Waals surface area contributed by atoms with Gasteiger partial charge in [-0.25, -0.2) is 4.79 Å². The summed E-state index contributed by atoms with van der Waals surface area (Å²) in [5, 5.41) is 12.5. The summed E-state index contributed by atoms with van der Waals surface area (Å²) in [6.45, 7) is 4.90. The molecule has 1 aromatic carbocycles. The molecule has 1 saturated carbocycles. The Labute approximate surface area is 154 Å². The molecule has 1 aliphatic rings. The number of aliphatic hydroxyl groups is 1. The Hall–Kier alpha value is -2.29. The zero-order valence-corrected chi connectivity index (χ0v) is 15.2. The van der Waals surface area contributed by atoms with Crippen LogP contribution in [0.15, 0.2) is 24.3 Å². The monoisotopic (exact) mass is 389 g/mol. The van der Waals surface area contributed by atoms with Crippen molar-refractivity contribution in [3.8, 4) is 5.75 Å².